The summed E-state index contributed by atoms with van der Waals surface area (Å²) in [5.41, 5.74) is 2.20. The number of hydrogen-bond donors (Lipinski definition) is 0. The Morgan fingerprint density at radius 2 is 2.19 bits per heavy atom. The number of esters is 1. The second-order valence-corrected chi connectivity index (χ2v) is 4.23. The van der Waals surface area contributed by atoms with Gasteiger partial charge < -0.3 is 4.74 Å². The van der Waals surface area contributed by atoms with Gasteiger partial charge in [-0.1, -0.05) is 18.2 Å². The van der Waals surface area contributed by atoms with Crippen molar-refractivity contribution in [3.05, 3.63) is 65.5 Å². The Kier molecular flexibility index (Phi) is 4.84. The lowest BCUT2D eigenvalue weighted by Gasteiger charge is -2.06. The fourth-order valence-corrected chi connectivity index (χ4v) is 1.83. The highest BCUT2D eigenvalue weighted by Gasteiger charge is 2.14. The van der Waals surface area contributed by atoms with E-state index in [0.29, 0.717) is 23.4 Å². The van der Waals surface area contributed by atoms with Crippen LogP contribution in [0, 0.1) is 11.3 Å². The van der Waals surface area contributed by atoms with Crippen molar-refractivity contribution in [3.63, 3.8) is 0 Å². The number of pyridine rings is 1. The second kappa shape index (κ2) is 7.01. The van der Waals surface area contributed by atoms with Crippen LogP contribution in [0.25, 0.3) is 11.6 Å². The van der Waals surface area contributed by atoms with Gasteiger partial charge in [0.2, 0.25) is 0 Å². The lowest BCUT2D eigenvalue weighted by Crippen LogP contribution is -2.07. The van der Waals surface area contributed by atoms with E-state index in [2.05, 4.69) is 11.1 Å². The van der Waals surface area contributed by atoms with Gasteiger partial charge in [-0.2, -0.15) is 5.26 Å². The molecule has 0 bridgehead atoms. The fraction of sp³-hybridized carbons (Fsp3) is 0.118. The fourth-order valence-electron chi connectivity index (χ4n) is 1.83. The van der Waals surface area contributed by atoms with E-state index < -0.39 is 5.97 Å². The lowest BCUT2D eigenvalue weighted by atomic mass is 10.1. The van der Waals surface area contributed by atoms with Crippen molar-refractivity contribution in [1.29, 1.82) is 5.26 Å². The molecule has 0 radical (unpaired) electrons. The third-order valence-electron chi connectivity index (χ3n) is 2.76. The maximum absolute atomic E-state index is 12.1. The van der Waals surface area contributed by atoms with Crippen molar-refractivity contribution in [1.82, 2.24) is 4.98 Å². The summed E-state index contributed by atoms with van der Waals surface area (Å²) in [6.07, 6.45) is 3.30. The van der Waals surface area contributed by atoms with Crippen LogP contribution in [0.2, 0.25) is 0 Å². The van der Waals surface area contributed by atoms with Gasteiger partial charge in [-0.15, -0.1) is 0 Å². The Labute approximate surface area is 123 Å². The van der Waals surface area contributed by atoms with Gasteiger partial charge >= 0.3 is 5.97 Å². The highest BCUT2D eigenvalue weighted by atomic mass is 16.5. The first-order valence-electron chi connectivity index (χ1n) is 6.55. The van der Waals surface area contributed by atoms with Crippen molar-refractivity contribution >= 4 is 17.6 Å². The molecular weight excluding hydrogens is 264 g/mol. The molecule has 0 saturated heterocycles. The minimum Gasteiger partial charge on any atom is -0.462 e. The van der Waals surface area contributed by atoms with Crippen molar-refractivity contribution in [2.75, 3.05) is 6.61 Å². The SMILES string of the molecule is CCOC(=O)C(=Cc1cccc(C#N)c1)c1ccccn1. The molecule has 0 amide bonds. The topological polar surface area (TPSA) is 63.0 Å². The maximum Gasteiger partial charge on any atom is 0.340 e. The van der Waals surface area contributed by atoms with E-state index >= 15 is 0 Å². The quantitative estimate of drug-likeness (QED) is 0.637. The first-order valence-corrected chi connectivity index (χ1v) is 6.55. The molecule has 0 fully saturated rings. The second-order valence-electron chi connectivity index (χ2n) is 4.23. The molecule has 0 saturated carbocycles. The third kappa shape index (κ3) is 3.77. The van der Waals surface area contributed by atoms with Gasteiger partial charge in [-0.05, 0) is 42.8 Å². The number of carbonyl (C=O) groups is 1. The molecule has 2 rings (SSSR count). The predicted octanol–water partition coefficient (Wildman–Crippen LogP) is 3.06. The van der Waals surface area contributed by atoms with Crippen LogP contribution in [0.1, 0.15) is 23.7 Å². The van der Waals surface area contributed by atoms with E-state index in [1.807, 2.05) is 6.07 Å². The minimum atomic E-state index is -0.432. The van der Waals surface area contributed by atoms with Crippen LogP contribution in [0.5, 0.6) is 0 Å². The molecule has 0 unspecified atom stereocenters. The van der Waals surface area contributed by atoms with E-state index in [1.54, 1.807) is 55.6 Å². The van der Waals surface area contributed by atoms with E-state index in [9.17, 15) is 4.79 Å². The summed E-state index contributed by atoms with van der Waals surface area (Å²) < 4.78 is 5.07. The number of carbonyl (C=O) groups excluding carboxylic acids is 1. The van der Waals surface area contributed by atoms with E-state index in [-0.39, 0.29) is 0 Å². The van der Waals surface area contributed by atoms with Crippen LogP contribution in [0.3, 0.4) is 0 Å². The molecule has 4 nitrogen and oxygen atoms in total. The number of nitriles is 1. The molecule has 0 aliphatic heterocycles. The van der Waals surface area contributed by atoms with E-state index in [1.165, 1.54) is 0 Å². The number of nitrogens with zero attached hydrogens (tertiary/aromatic N) is 2. The first-order chi connectivity index (χ1) is 10.2. The van der Waals surface area contributed by atoms with Gasteiger partial charge in [-0.3, -0.25) is 4.98 Å². The smallest absolute Gasteiger partial charge is 0.340 e. The number of hydrogen-bond acceptors (Lipinski definition) is 4. The van der Waals surface area contributed by atoms with Crippen molar-refractivity contribution < 1.29 is 9.53 Å². The molecule has 0 aliphatic rings. The first kappa shape index (κ1) is 14.5. The zero-order chi connectivity index (χ0) is 15.1. The minimum absolute atomic E-state index is 0.293. The van der Waals surface area contributed by atoms with Crippen LogP contribution in [-0.2, 0) is 9.53 Å². The Morgan fingerprint density at radius 3 is 2.86 bits per heavy atom. The normalized spacial score (nSPS) is 10.8. The maximum atomic E-state index is 12.1. The molecule has 0 atom stereocenters. The highest BCUT2D eigenvalue weighted by Crippen LogP contribution is 2.18. The molecule has 104 valence electrons. The Hall–Kier alpha value is -2.93. The molecule has 0 spiro atoms. The summed E-state index contributed by atoms with van der Waals surface area (Å²) >= 11 is 0. The Morgan fingerprint density at radius 1 is 1.33 bits per heavy atom. The zero-order valence-electron chi connectivity index (χ0n) is 11.6. The zero-order valence-corrected chi connectivity index (χ0v) is 11.6. The summed E-state index contributed by atoms with van der Waals surface area (Å²) in [7, 11) is 0. The number of ether oxygens (including phenoxy) is 1. The standard InChI is InChI=1S/C17H14N2O2/c1-2-21-17(20)15(16-8-3-4-9-19-16)11-13-6-5-7-14(10-13)12-18/h3-11H,2H2,1H3. The monoisotopic (exact) mass is 278 g/mol. The summed E-state index contributed by atoms with van der Waals surface area (Å²) in [5, 5.41) is 8.93. The number of rotatable bonds is 4. The molecule has 1 heterocycles. The molecule has 1 aromatic carbocycles. The van der Waals surface area contributed by atoms with Crippen molar-refractivity contribution in [2.45, 2.75) is 6.92 Å². The molecule has 1 aromatic heterocycles. The average Bonchev–Trinajstić information content (AvgIpc) is 2.54. The molecular formula is C17H14N2O2. The van der Waals surface area contributed by atoms with Crippen molar-refractivity contribution in [3.8, 4) is 6.07 Å². The van der Waals surface area contributed by atoms with Crippen LogP contribution in [-0.4, -0.2) is 17.6 Å². The van der Waals surface area contributed by atoms with Crippen LogP contribution < -0.4 is 0 Å². The predicted molar refractivity (Wildman–Crippen MR) is 79.9 cm³/mol. The van der Waals surface area contributed by atoms with Gasteiger partial charge in [0.15, 0.2) is 0 Å². The number of benzene rings is 1. The Balaban J connectivity index is 2.46. The Bertz CT molecular complexity index is 700. The summed E-state index contributed by atoms with van der Waals surface area (Å²) in [4.78, 5) is 16.3. The molecule has 4 heteroatoms. The molecule has 21 heavy (non-hydrogen) atoms. The van der Waals surface area contributed by atoms with Gasteiger partial charge in [-0.25, -0.2) is 4.79 Å². The van der Waals surface area contributed by atoms with Gasteiger partial charge in [0.25, 0.3) is 0 Å². The highest BCUT2D eigenvalue weighted by molar-refractivity contribution is 6.21. The van der Waals surface area contributed by atoms with Crippen molar-refractivity contribution in [2.24, 2.45) is 0 Å². The largest absolute Gasteiger partial charge is 0.462 e. The van der Waals surface area contributed by atoms with E-state index in [0.717, 1.165) is 5.56 Å². The van der Waals surface area contributed by atoms with Gasteiger partial charge in [0.1, 0.15) is 0 Å². The lowest BCUT2D eigenvalue weighted by molar-refractivity contribution is -0.136. The van der Waals surface area contributed by atoms with Crippen LogP contribution in [0.4, 0.5) is 0 Å². The number of aromatic nitrogens is 1. The van der Waals surface area contributed by atoms with Crippen LogP contribution in [0.15, 0.2) is 48.7 Å². The average molecular weight is 278 g/mol. The van der Waals surface area contributed by atoms with Gasteiger partial charge in [0.05, 0.1) is 29.5 Å². The molecule has 2 aromatic rings. The van der Waals surface area contributed by atoms with Crippen LogP contribution >= 0.6 is 0 Å². The molecule has 0 N–H and O–H groups in total. The van der Waals surface area contributed by atoms with Gasteiger partial charge in [0, 0.05) is 6.20 Å². The van der Waals surface area contributed by atoms with E-state index in [4.69, 9.17) is 10.00 Å². The summed E-state index contributed by atoms with van der Waals surface area (Å²) in [6, 6.07) is 14.4. The summed E-state index contributed by atoms with van der Waals surface area (Å²) in [6.45, 7) is 2.05. The third-order valence-corrected chi connectivity index (χ3v) is 2.76. The molecule has 0 aliphatic carbocycles. The summed E-state index contributed by atoms with van der Waals surface area (Å²) in [5.74, 6) is -0.432.